The topological polar surface area (TPSA) is 26.3 Å². The SMILES string of the molecule is CCC(C)C(=O)OC1CCc2ccccc2C1. The fraction of sp³-hybridized carbons (Fsp3) is 0.533. The van der Waals surface area contributed by atoms with Crippen LogP contribution < -0.4 is 0 Å². The van der Waals surface area contributed by atoms with Crippen LogP contribution in [0.2, 0.25) is 0 Å². The van der Waals surface area contributed by atoms with Gasteiger partial charge in [0, 0.05) is 6.42 Å². The minimum absolute atomic E-state index is 0.0205. The molecule has 1 aromatic rings. The first kappa shape index (κ1) is 12.2. The number of benzene rings is 1. The smallest absolute Gasteiger partial charge is 0.308 e. The Labute approximate surface area is 103 Å². The van der Waals surface area contributed by atoms with E-state index in [0.717, 1.165) is 25.7 Å². The van der Waals surface area contributed by atoms with E-state index in [-0.39, 0.29) is 18.0 Å². The van der Waals surface area contributed by atoms with Gasteiger partial charge in [-0.25, -0.2) is 0 Å². The Balaban J connectivity index is 1.96. The molecule has 0 saturated heterocycles. The van der Waals surface area contributed by atoms with Gasteiger partial charge >= 0.3 is 5.97 Å². The zero-order valence-corrected chi connectivity index (χ0v) is 10.6. The van der Waals surface area contributed by atoms with Crippen molar-refractivity contribution in [2.24, 2.45) is 5.92 Å². The Hall–Kier alpha value is -1.31. The molecule has 0 amide bonds. The lowest BCUT2D eigenvalue weighted by atomic mass is 9.90. The van der Waals surface area contributed by atoms with Crippen LogP contribution in [0.25, 0.3) is 0 Å². The molecule has 2 nitrogen and oxygen atoms in total. The van der Waals surface area contributed by atoms with E-state index in [4.69, 9.17) is 4.74 Å². The molecule has 0 aliphatic heterocycles. The summed E-state index contributed by atoms with van der Waals surface area (Å²) in [5, 5.41) is 0. The third kappa shape index (κ3) is 2.87. The number of ether oxygens (including phenoxy) is 1. The maximum absolute atomic E-state index is 11.7. The second-order valence-electron chi connectivity index (χ2n) is 4.88. The second-order valence-corrected chi connectivity index (χ2v) is 4.88. The summed E-state index contributed by atoms with van der Waals surface area (Å²) in [4.78, 5) is 11.7. The van der Waals surface area contributed by atoms with E-state index in [0.29, 0.717) is 0 Å². The Kier molecular flexibility index (Phi) is 3.82. The van der Waals surface area contributed by atoms with Crippen molar-refractivity contribution in [1.29, 1.82) is 0 Å². The highest BCUT2D eigenvalue weighted by Crippen LogP contribution is 2.23. The summed E-state index contributed by atoms with van der Waals surface area (Å²) in [7, 11) is 0. The van der Waals surface area contributed by atoms with Crippen molar-refractivity contribution in [1.82, 2.24) is 0 Å². The molecular weight excluding hydrogens is 212 g/mol. The number of aryl methyl sites for hydroxylation is 1. The molecule has 17 heavy (non-hydrogen) atoms. The Morgan fingerprint density at radius 1 is 1.41 bits per heavy atom. The molecule has 2 heteroatoms. The van der Waals surface area contributed by atoms with Gasteiger partial charge < -0.3 is 4.74 Å². The van der Waals surface area contributed by atoms with Crippen molar-refractivity contribution < 1.29 is 9.53 Å². The molecule has 1 aliphatic rings. The number of carbonyl (C=O) groups is 1. The van der Waals surface area contributed by atoms with Crippen molar-refractivity contribution in [3.63, 3.8) is 0 Å². The zero-order valence-electron chi connectivity index (χ0n) is 10.6. The summed E-state index contributed by atoms with van der Waals surface area (Å²) in [6.07, 6.45) is 3.78. The van der Waals surface area contributed by atoms with Crippen molar-refractivity contribution >= 4 is 5.97 Å². The zero-order chi connectivity index (χ0) is 12.3. The molecule has 0 radical (unpaired) electrons. The number of esters is 1. The number of rotatable bonds is 3. The first-order chi connectivity index (χ1) is 8.20. The summed E-state index contributed by atoms with van der Waals surface area (Å²) >= 11 is 0. The molecule has 0 heterocycles. The number of carbonyl (C=O) groups excluding carboxylic acids is 1. The van der Waals surface area contributed by atoms with Crippen LogP contribution in [0, 0.1) is 5.92 Å². The van der Waals surface area contributed by atoms with Gasteiger partial charge in [-0.05, 0) is 30.4 Å². The van der Waals surface area contributed by atoms with Gasteiger partial charge in [0.15, 0.2) is 0 Å². The van der Waals surface area contributed by atoms with Gasteiger partial charge in [0.1, 0.15) is 6.10 Å². The summed E-state index contributed by atoms with van der Waals surface area (Å²) in [5.74, 6) is -0.0240. The molecule has 1 aromatic carbocycles. The van der Waals surface area contributed by atoms with Gasteiger partial charge in [0.2, 0.25) is 0 Å². The highest BCUT2D eigenvalue weighted by atomic mass is 16.5. The molecule has 0 saturated carbocycles. The Morgan fingerprint density at radius 3 is 2.82 bits per heavy atom. The van der Waals surface area contributed by atoms with Gasteiger partial charge in [-0.3, -0.25) is 4.79 Å². The van der Waals surface area contributed by atoms with Gasteiger partial charge in [-0.2, -0.15) is 0 Å². The Bertz CT molecular complexity index is 398. The average molecular weight is 232 g/mol. The summed E-state index contributed by atoms with van der Waals surface area (Å²) in [6, 6.07) is 8.43. The van der Waals surface area contributed by atoms with Crippen LogP contribution >= 0.6 is 0 Å². The van der Waals surface area contributed by atoms with Crippen molar-refractivity contribution in [3.8, 4) is 0 Å². The van der Waals surface area contributed by atoms with E-state index >= 15 is 0 Å². The minimum atomic E-state index is -0.0446. The lowest BCUT2D eigenvalue weighted by molar-refractivity contribution is -0.154. The lowest BCUT2D eigenvalue weighted by Crippen LogP contribution is -2.28. The van der Waals surface area contributed by atoms with Crippen molar-refractivity contribution in [2.45, 2.75) is 45.6 Å². The normalized spacial score (nSPS) is 20.5. The number of hydrogen-bond donors (Lipinski definition) is 0. The molecule has 1 aliphatic carbocycles. The monoisotopic (exact) mass is 232 g/mol. The second kappa shape index (κ2) is 5.35. The summed E-state index contributed by atoms with van der Waals surface area (Å²) in [5.41, 5.74) is 2.74. The van der Waals surface area contributed by atoms with Crippen molar-refractivity contribution in [2.75, 3.05) is 0 Å². The van der Waals surface area contributed by atoms with E-state index in [1.165, 1.54) is 11.1 Å². The largest absolute Gasteiger partial charge is 0.462 e. The predicted octanol–water partition coefficient (Wildman–Crippen LogP) is 3.13. The molecule has 0 bridgehead atoms. The van der Waals surface area contributed by atoms with Gasteiger partial charge in [-0.15, -0.1) is 0 Å². The average Bonchev–Trinajstić information content (AvgIpc) is 2.37. The van der Waals surface area contributed by atoms with Crippen molar-refractivity contribution in [3.05, 3.63) is 35.4 Å². The maximum Gasteiger partial charge on any atom is 0.308 e. The van der Waals surface area contributed by atoms with Crippen LogP contribution in [-0.2, 0) is 22.4 Å². The third-order valence-corrected chi connectivity index (χ3v) is 3.60. The number of hydrogen-bond acceptors (Lipinski definition) is 2. The highest BCUT2D eigenvalue weighted by molar-refractivity contribution is 5.72. The summed E-state index contributed by atoms with van der Waals surface area (Å²) in [6.45, 7) is 3.95. The number of fused-ring (bicyclic) bond motifs is 1. The first-order valence-electron chi connectivity index (χ1n) is 6.48. The fourth-order valence-corrected chi connectivity index (χ4v) is 2.21. The first-order valence-corrected chi connectivity index (χ1v) is 6.48. The van der Waals surface area contributed by atoms with E-state index < -0.39 is 0 Å². The highest BCUT2D eigenvalue weighted by Gasteiger charge is 2.23. The molecule has 0 aromatic heterocycles. The van der Waals surface area contributed by atoms with Gasteiger partial charge in [0.05, 0.1) is 5.92 Å². The molecular formula is C15H20O2. The molecule has 0 fully saturated rings. The van der Waals surface area contributed by atoms with Crippen LogP contribution in [0.15, 0.2) is 24.3 Å². The van der Waals surface area contributed by atoms with E-state index in [1.807, 2.05) is 13.8 Å². The molecule has 0 N–H and O–H groups in total. The van der Waals surface area contributed by atoms with Crippen LogP contribution in [0.5, 0.6) is 0 Å². The van der Waals surface area contributed by atoms with Crippen LogP contribution in [-0.4, -0.2) is 12.1 Å². The third-order valence-electron chi connectivity index (χ3n) is 3.60. The minimum Gasteiger partial charge on any atom is -0.462 e. The van der Waals surface area contributed by atoms with Crippen LogP contribution in [0.4, 0.5) is 0 Å². The summed E-state index contributed by atoms with van der Waals surface area (Å²) < 4.78 is 5.56. The van der Waals surface area contributed by atoms with Crippen LogP contribution in [0.3, 0.4) is 0 Å². The molecule has 2 atom stereocenters. The van der Waals surface area contributed by atoms with Gasteiger partial charge in [0.25, 0.3) is 0 Å². The van der Waals surface area contributed by atoms with Crippen LogP contribution in [0.1, 0.15) is 37.8 Å². The van der Waals surface area contributed by atoms with E-state index in [1.54, 1.807) is 0 Å². The van der Waals surface area contributed by atoms with E-state index in [9.17, 15) is 4.79 Å². The quantitative estimate of drug-likeness (QED) is 0.748. The lowest BCUT2D eigenvalue weighted by Gasteiger charge is -2.25. The Morgan fingerprint density at radius 2 is 2.12 bits per heavy atom. The molecule has 2 unspecified atom stereocenters. The predicted molar refractivity (Wildman–Crippen MR) is 67.8 cm³/mol. The van der Waals surface area contributed by atoms with E-state index in [2.05, 4.69) is 24.3 Å². The molecule has 2 rings (SSSR count). The maximum atomic E-state index is 11.7. The fourth-order valence-electron chi connectivity index (χ4n) is 2.21. The molecule has 92 valence electrons. The van der Waals surface area contributed by atoms with Gasteiger partial charge in [-0.1, -0.05) is 38.1 Å². The molecule has 0 spiro atoms. The standard InChI is InChI=1S/C15H20O2/c1-3-11(2)15(16)17-14-9-8-12-6-4-5-7-13(12)10-14/h4-7,11,14H,3,8-10H2,1-2H3.